The number of nitrogens with zero attached hydrogens (tertiary/aromatic N) is 5. The predicted octanol–water partition coefficient (Wildman–Crippen LogP) is 1.68. The highest BCUT2D eigenvalue weighted by atomic mass is 32.1. The molecule has 0 aromatic carbocycles. The summed E-state index contributed by atoms with van der Waals surface area (Å²) in [5.74, 6) is 0.587. The summed E-state index contributed by atoms with van der Waals surface area (Å²) in [7, 11) is 1.90. The smallest absolute Gasteiger partial charge is 0.407 e. The summed E-state index contributed by atoms with van der Waals surface area (Å²) in [6.45, 7) is 6.57. The van der Waals surface area contributed by atoms with Gasteiger partial charge in [-0.1, -0.05) is 0 Å². The average molecular weight is 324 g/mol. The lowest BCUT2D eigenvalue weighted by molar-refractivity contribution is 0.0529. The summed E-state index contributed by atoms with van der Waals surface area (Å²) in [5.41, 5.74) is -0.491. The fraction of sp³-hybridized carbons (Fsp3) is 0.538. The van der Waals surface area contributed by atoms with Crippen LogP contribution in [0.4, 0.5) is 9.93 Å². The molecule has 22 heavy (non-hydrogen) atoms. The number of amides is 1. The van der Waals surface area contributed by atoms with Crippen molar-refractivity contribution in [3.05, 3.63) is 18.7 Å². The molecule has 0 saturated heterocycles. The van der Waals surface area contributed by atoms with Crippen molar-refractivity contribution >= 4 is 22.8 Å². The average Bonchev–Trinajstić information content (AvgIpc) is 3.07. The lowest BCUT2D eigenvalue weighted by Gasteiger charge is -2.20. The molecule has 2 aromatic heterocycles. The third kappa shape index (κ3) is 4.69. The third-order valence-electron chi connectivity index (χ3n) is 2.58. The third-order valence-corrected chi connectivity index (χ3v) is 3.40. The minimum Gasteiger partial charge on any atom is -0.444 e. The maximum atomic E-state index is 11.5. The molecule has 0 fully saturated rings. The molecule has 1 N–H and O–H groups in total. The first kappa shape index (κ1) is 16.2. The van der Waals surface area contributed by atoms with Crippen molar-refractivity contribution in [3.8, 4) is 5.95 Å². The molecule has 8 nitrogen and oxygen atoms in total. The summed E-state index contributed by atoms with van der Waals surface area (Å²) in [4.78, 5) is 21.9. The van der Waals surface area contributed by atoms with Gasteiger partial charge in [0, 0.05) is 44.1 Å². The number of hydrogen-bond donors (Lipinski definition) is 1. The standard InChI is InChI=1S/C13H20N6O2S/c1-13(2,3)21-12(20)15-6-7-18(4)11-16-10(17-22-11)19-8-5-14-9-19/h5,8-9H,6-7H2,1-4H3,(H,15,20). The Bertz CT molecular complexity index is 604. The van der Waals surface area contributed by atoms with Crippen LogP contribution in [0, 0.1) is 0 Å². The van der Waals surface area contributed by atoms with Gasteiger partial charge in [0.25, 0.3) is 0 Å². The van der Waals surface area contributed by atoms with Crippen LogP contribution in [0.1, 0.15) is 20.8 Å². The van der Waals surface area contributed by atoms with E-state index in [1.54, 1.807) is 23.3 Å². The molecular formula is C13H20N6O2S. The van der Waals surface area contributed by atoms with Crippen molar-refractivity contribution in [2.75, 3.05) is 25.0 Å². The summed E-state index contributed by atoms with van der Waals surface area (Å²) < 4.78 is 11.2. The van der Waals surface area contributed by atoms with Crippen molar-refractivity contribution in [2.24, 2.45) is 0 Å². The Balaban J connectivity index is 1.80. The van der Waals surface area contributed by atoms with Crippen LogP contribution in [0.2, 0.25) is 0 Å². The minimum atomic E-state index is -0.491. The van der Waals surface area contributed by atoms with E-state index in [0.717, 1.165) is 5.13 Å². The summed E-state index contributed by atoms with van der Waals surface area (Å²) >= 11 is 1.30. The van der Waals surface area contributed by atoms with Gasteiger partial charge in [-0.2, -0.15) is 9.36 Å². The van der Waals surface area contributed by atoms with Gasteiger partial charge in [-0.15, -0.1) is 0 Å². The zero-order valence-corrected chi connectivity index (χ0v) is 13.9. The first-order valence-corrected chi connectivity index (χ1v) is 7.62. The van der Waals surface area contributed by atoms with Crippen molar-refractivity contribution in [1.82, 2.24) is 24.2 Å². The van der Waals surface area contributed by atoms with E-state index >= 15 is 0 Å². The number of ether oxygens (including phenoxy) is 1. The molecule has 120 valence electrons. The second kappa shape index (κ2) is 6.73. The van der Waals surface area contributed by atoms with Crippen LogP contribution in [0.3, 0.4) is 0 Å². The number of imidazole rings is 1. The van der Waals surface area contributed by atoms with Gasteiger partial charge in [0.1, 0.15) is 11.9 Å². The van der Waals surface area contributed by atoms with Crippen LogP contribution >= 0.6 is 11.5 Å². The second-order valence-electron chi connectivity index (χ2n) is 5.70. The van der Waals surface area contributed by atoms with Gasteiger partial charge in [0.15, 0.2) is 0 Å². The zero-order valence-electron chi connectivity index (χ0n) is 13.1. The van der Waals surface area contributed by atoms with Crippen molar-refractivity contribution in [2.45, 2.75) is 26.4 Å². The van der Waals surface area contributed by atoms with E-state index in [-0.39, 0.29) is 0 Å². The molecule has 0 spiro atoms. The molecule has 0 aliphatic heterocycles. The molecule has 2 aromatic rings. The topological polar surface area (TPSA) is 85.2 Å². The molecule has 0 aliphatic carbocycles. The SMILES string of the molecule is CN(CCNC(=O)OC(C)(C)C)c1nc(-n2ccnc2)ns1. The van der Waals surface area contributed by atoms with Gasteiger partial charge in [-0.05, 0) is 20.8 Å². The first-order chi connectivity index (χ1) is 10.3. The molecule has 0 saturated carbocycles. The number of aromatic nitrogens is 4. The van der Waals surface area contributed by atoms with E-state index in [9.17, 15) is 4.79 Å². The molecule has 0 unspecified atom stereocenters. The number of nitrogens with one attached hydrogen (secondary N) is 1. The fourth-order valence-electron chi connectivity index (χ4n) is 1.58. The van der Waals surface area contributed by atoms with E-state index in [2.05, 4.69) is 19.7 Å². The molecule has 0 atom stereocenters. The monoisotopic (exact) mass is 324 g/mol. The number of alkyl carbamates (subject to hydrolysis) is 1. The van der Waals surface area contributed by atoms with Crippen LogP contribution in [0.25, 0.3) is 5.95 Å². The lowest BCUT2D eigenvalue weighted by Crippen LogP contribution is -2.37. The quantitative estimate of drug-likeness (QED) is 0.901. The van der Waals surface area contributed by atoms with Gasteiger partial charge in [-0.3, -0.25) is 4.57 Å². The molecule has 0 aliphatic rings. The Hall–Kier alpha value is -2.16. The number of anilines is 1. The van der Waals surface area contributed by atoms with Gasteiger partial charge in [0.05, 0.1) is 0 Å². The van der Waals surface area contributed by atoms with E-state index in [0.29, 0.717) is 19.0 Å². The number of rotatable bonds is 5. The minimum absolute atomic E-state index is 0.419. The first-order valence-electron chi connectivity index (χ1n) is 6.85. The largest absolute Gasteiger partial charge is 0.444 e. The van der Waals surface area contributed by atoms with Gasteiger partial charge in [0.2, 0.25) is 11.1 Å². The molecule has 9 heteroatoms. The summed E-state index contributed by atoms with van der Waals surface area (Å²) in [6.07, 6.45) is 4.69. The van der Waals surface area contributed by atoms with E-state index < -0.39 is 11.7 Å². The molecule has 1 amide bonds. The zero-order chi connectivity index (χ0) is 16.2. The second-order valence-corrected chi connectivity index (χ2v) is 6.43. The van der Waals surface area contributed by atoms with Gasteiger partial charge in [-0.25, -0.2) is 9.78 Å². The Morgan fingerprint density at radius 3 is 2.91 bits per heavy atom. The Kier molecular flexibility index (Phi) is 4.96. The van der Waals surface area contributed by atoms with Crippen LogP contribution in [0.5, 0.6) is 0 Å². The number of hydrogen-bond acceptors (Lipinski definition) is 7. The normalized spacial score (nSPS) is 11.3. The Morgan fingerprint density at radius 1 is 1.50 bits per heavy atom. The molecule has 2 heterocycles. The number of likely N-dealkylation sites (N-methyl/N-ethyl adjacent to an activating group) is 1. The highest BCUT2D eigenvalue weighted by Gasteiger charge is 2.16. The van der Waals surface area contributed by atoms with Crippen molar-refractivity contribution in [3.63, 3.8) is 0 Å². The Labute approximate surface area is 133 Å². The van der Waals surface area contributed by atoms with Crippen molar-refractivity contribution in [1.29, 1.82) is 0 Å². The van der Waals surface area contributed by atoms with Crippen molar-refractivity contribution < 1.29 is 9.53 Å². The maximum Gasteiger partial charge on any atom is 0.407 e. The summed E-state index contributed by atoms with van der Waals surface area (Å²) in [5, 5.41) is 3.49. The molecule has 0 bridgehead atoms. The van der Waals surface area contributed by atoms with Crippen LogP contribution in [0.15, 0.2) is 18.7 Å². The number of carbonyl (C=O) groups excluding carboxylic acids is 1. The Morgan fingerprint density at radius 2 is 2.27 bits per heavy atom. The predicted molar refractivity (Wildman–Crippen MR) is 84.5 cm³/mol. The molecule has 2 rings (SSSR count). The van der Waals surface area contributed by atoms with Crippen LogP contribution < -0.4 is 10.2 Å². The van der Waals surface area contributed by atoms with Gasteiger partial charge < -0.3 is 15.0 Å². The van der Waals surface area contributed by atoms with Crippen LogP contribution in [-0.4, -0.2) is 50.7 Å². The summed E-state index contributed by atoms with van der Waals surface area (Å²) in [6, 6.07) is 0. The highest BCUT2D eigenvalue weighted by molar-refractivity contribution is 7.09. The maximum absolute atomic E-state index is 11.5. The molecule has 0 radical (unpaired) electrons. The lowest BCUT2D eigenvalue weighted by atomic mass is 10.2. The van der Waals surface area contributed by atoms with E-state index in [4.69, 9.17) is 4.74 Å². The van der Waals surface area contributed by atoms with Crippen LogP contribution in [-0.2, 0) is 4.74 Å². The highest BCUT2D eigenvalue weighted by Crippen LogP contribution is 2.17. The number of carbonyl (C=O) groups is 1. The van der Waals surface area contributed by atoms with E-state index in [1.807, 2.05) is 32.7 Å². The molecular weight excluding hydrogens is 304 g/mol. The van der Waals surface area contributed by atoms with E-state index in [1.165, 1.54) is 11.5 Å². The van der Waals surface area contributed by atoms with Gasteiger partial charge >= 0.3 is 6.09 Å². The fourth-order valence-corrected chi connectivity index (χ4v) is 2.23.